The maximum absolute atomic E-state index is 14.4. The second kappa shape index (κ2) is 11.3. The van der Waals surface area contributed by atoms with Crippen LogP contribution in [0.5, 0.6) is 0 Å². The van der Waals surface area contributed by atoms with Crippen molar-refractivity contribution in [3.63, 3.8) is 0 Å². The van der Waals surface area contributed by atoms with E-state index in [9.17, 15) is 13.2 Å². The zero-order chi connectivity index (χ0) is 24.0. The zero-order valence-electron chi connectivity index (χ0n) is 19.3. The molecule has 0 aliphatic heterocycles. The Morgan fingerprint density at radius 3 is 2.71 bits per heavy atom. The van der Waals surface area contributed by atoms with Crippen LogP contribution >= 0.6 is 11.3 Å². The Hall–Kier alpha value is -2.45. The highest BCUT2D eigenvalue weighted by Crippen LogP contribution is 2.35. The van der Waals surface area contributed by atoms with Crippen LogP contribution in [0.15, 0.2) is 42.7 Å². The van der Waals surface area contributed by atoms with Gasteiger partial charge in [0.05, 0.1) is 6.10 Å². The van der Waals surface area contributed by atoms with Crippen molar-refractivity contribution in [3.8, 4) is 11.3 Å². The van der Waals surface area contributed by atoms with Crippen LogP contribution in [-0.4, -0.2) is 22.7 Å². The van der Waals surface area contributed by atoms with Crippen LogP contribution in [0.1, 0.15) is 63.0 Å². The molecule has 0 amide bonds. The fourth-order valence-electron chi connectivity index (χ4n) is 4.34. The third-order valence-electron chi connectivity index (χ3n) is 6.10. The second-order valence-corrected chi connectivity index (χ2v) is 9.81. The molecular formula is C26H30F3N3OS. The Labute approximate surface area is 202 Å². The molecule has 1 N–H and O–H groups in total. The van der Waals surface area contributed by atoms with Crippen LogP contribution in [0, 0.1) is 5.13 Å². The molecule has 4 rings (SSSR count). The van der Waals surface area contributed by atoms with Gasteiger partial charge in [0.25, 0.3) is 5.92 Å². The number of nitrogens with one attached hydrogen (secondary N) is 1. The summed E-state index contributed by atoms with van der Waals surface area (Å²) in [4.78, 5) is 8.28. The summed E-state index contributed by atoms with van der Waals surface area (Å²) in [6, 6.07) is 8.35. The van der Waals surface area contributed by atoms with E-state index in [0.717, 1.165) is 57.0 Å². The number of pyridine rings is 1. The minimum Gasteiger partial charge on any atom is -0.378 e. The summed E-state index contributed by atoms with van der Waals surface area (Å²) >= 11 is 0.836. The number of unbranched alkanes of at least 4 members (excludes halogenated alkanes) is 2. The topological polar surface area (TPSA) is 47.0 Å². The highest BCUT2D eigenvalue weighted by Gasteiger charge is 2.28. The number of rotatable bonds is 11. The van der Waals surface area contributed by atoms with Crippen molar-refractivity contribution in [1.82, 2.24) is 9.97 Å². The van der Waals surface area contributed by atoms with E-state index in [4.69, 9.17) is 4.74 Å². The third kappa shape index (κ3) is 6.57. The summed E-state index contributed by atoms with van der Waals surface area (Å²) in [5.41, 5.74) is 1.83. The molecule has 0 spiro atoms. The molecule has 0 radical (unpaired) electrons. The summed E-state index contributed by atoms with van der Waals surface area (Å²) < 4.78 is 49.1. The van der Waals surface area contributed by atoms with Gasteiger partial charge in [-0.1, -0.05) is 36.7 Å². The van der Waals surface area contributed by atoms with Gasteiger partial charge in [-0.2, -0.15) is 4.39 Å². The molecule has 1 aliphatic rings. The molecule has 182 valence electrons. The summed E-state index contributed by atoms with van der Waals surface area (Å²) in [5.74, 6) is -2.98. The zero-order valence-corrected chi connectivity index (χ0v) is 20.1. The van der Waals surface area contributed by atoms with E-state index in [1.807, 2.05) is 0 Å². The van der Waals surface area contributed by atoms with Gasteiger partial charge >= 0.3 is 0 Å². The summed E-state index contributed by atoms with van der Waals surface area (Å²) in [7, 11) is 0. The van der Waals surface area contributed by atoms with Gasteiger partial charge < -0.3 is 10.1 Å². The molecule has 2 aromatic heterocycles. The maximum Gasteiger partial charge on any atom is 0.270 e. The standard InChI is InChI=1S/C26H30F3N3OS/c1-26(28,29)22-16-20(31-25-32-23(24(27)34-25)19-9-7-14-30-17-19)13-12-18(22)8-3-2-6-15-33-21-10-4-5-11-21/h7,9,12-14,16-17,21H,2-6,8,10-11,15H2,1H3,(H,31,32). The highest BCUT2D eigenvalue weighted by molar-refractivity contribution is 7.14. The van der Waals surface area contributed by atoms with E-state index in [0.29, 0.717) is 34.5 Å². The molecular weight excluding hydrogens is 459 g/mol. The summed E-state index contributed by atoms with van der Waals surface area (Å²) in [6.45, 7) is 1.66. The third-order valence-corrected chi connectivity index (χ3v) is 6.86. The van der Waals surface area contributed by atoms with Gasteiger partial charge in [0.1, 0.15) is 5.69 Å². The molecule has 0 unspecified atom stereocenters. The van der Waals surface area contributed by atoms with Crippen molar-refractivity contribution in [2.24, 2.45) is 0 Å². The Balaban J connectivity index is 1.37. The lowest BCUT2D eigenvalue weighted by molar-refractivity contribution is 0.0165. The molecule has 2 heterocycles. The Morgan fingerprint density at radius 1 is 1.15 bits per heavy atom. The van der Waals surface area contributed by atoms with Crippen molar-refractivity contribution in [1.29, 1.82) is 0 Å². The predicted molar refractivity (Wildman–Crippen MR) is 130 cm³/mol. The number of hydrogen-bond acceptors (Lipinski definition) is 5. The smallest absolute Gasteiger partial charge is 0.270 e. The Morgan fingerprint density at radius 2 is 1.97 bits per heavy atom. The van der Waals surface area contributed by atoms with E-state index in [-0.39, 0.29) is 11.3 Å². The lowest BCUT2D eigenvalue weighted by Gasteiger charge is -2.18. The maximum atomic E-state index is 14.4. The number of alkyl halides is 2. The van der Waals surface area contributed by atoms with E-state index in [1.165, 1.54) is 25.1 Å². The molecule has 0 bridgehead atoms. The molecule has 34 heavy (non-hydrogen) atoms. The number of ether oxygens (including phenoxy) is 1. The normalized spacial score (nSPS) is 14.6. The van der Waals surface area contributed by atoms with Gasteiger partial charge in [0.15, 0.2) is 5.13 Å². The van der Waals surface area contributed by atoms with Gasteiger partial charge in [-0.25, -0.2) is 13.8 Å². The lowest BCUT2D eigenvalue weighted by Crippen LogP contribution is -2.12. The largest absolute Gasteiger partial charge is 0.378 e. The highest BCUT2D eigenvalue weighted by atomic mass is 32.1. The van der Waals surface area contributed by atoms with E-state index >= 15 is 0 Å². The number of halogens is 3. The van der Waals surface area contributed by atoms with E-state index < -0.39 is 11.1 Å². The van der Waals surface area contributed by atoms with E-state index in [2.05, 4.69) is 15.3 Å². The second-order valence-electron chi connectivity index (χ2n) is 8.86. The first-order valence-electron chi connectivity index (χ1n) is 11.9. The Bertz CT molecular complexity index is 1060. The van der Waals surface area contributed by atoms with Gasteiger partial charge in [-0.05, 0) is 61.9 Å². The molecule has 1 aliphatic carbocycles. The van der Waals surface area contributed by atoms with Crippen LogP contribution in [0.4, 0.5) is 24.0 Å². The number of benzene rings is 1. The fourth-order valence-corrected chi connectivity index (χ4v) is 5.08. The molecule has 0 atom stereocenters. The quantitative estimate of drug-likeness (QED) is 0.278. The van der Waals surface area contributed by atoms with Crippen LogP contribution in [-0.2, 0) is 17.1 Å². The van der Waals surface area contributed by atoms with Crippen molar-refractivity contribution in [2.45, 2.75) is 70.3 Å². The average Bonchev–Trinajstić information content (AvgIpc) is 3.46. The first kappa shape index (κ1) is 24.7. The van der Waals surface area contributed by atoms with Crippen LogP contribution in [0.2, 0.25) is 0 Å². The molecule has 3 aromatic rings. The minimum absolute atomic E-state index is 0.00998. The van der Waals surface area contributed by atoms with Gasteiger partial charge in [-0.3, -0.25) is 4.98 Å². The van der Waals surface area contributed by atoms with Gasteiger partial charge in [0.2, 0.25) is 5.13 Å². The van der Waals surface area contributed by atoms with Crippen LogP contribution < -0.4 is 5.32 Å². The molecule has 1 saturated carbocycles. The van der Waals surface area contributed by atoms with Crippen molar-refractivity contribution >= 4 is 22.2 Å². The van der Waals surface area contributed by atoms with Crippen molar-refractivity contribution in [3.05, 3.63) is 59.0 Å². The van der Waals surface area contributed by atoms with Crippen molar-refractivity contribution < 1.29 is 17.9 Å². The molecule has 0 saturated heterocycles. The average molecular weight is 490 g/mol. The number of hydrogen-bond donors (Lipinski definition) is 1. The number of aryl methyl sites for hydroxylation is 1. The Kier molecular flexibility index (Phi) is 8.21. The lowest BCUT2D eigenvalue weighted by atomic mass is 9.97. The number of aromatic nitrogens is 2. The van der Waals surface area contributed by atoms with Crippen molar-refractivity contribution in [2.75, 3.05) is 11.9 Å². The van der Waals surface area contributed by atoms with E-state index in [1.54, 1.807) is 30.5 Å². The molecule has 8 heteroatoms. The first-order chi connectivity index (χ1) is 16.4. The SMILES string of the molecule is CC(F)(F)c1cc(Nc2nc(-c3cccnc3)c(F)s2)ccc1CCCCCOC1CCCC1. The van der Waals surface area contributed by atoms with Crippen LogP contribution in [0.25, 0.3) is 11.3 Å². The number of anilines is 2. The fraction of sp³-hybridized carbons (Fsp3) is 0.462. The monoisotopic (exact) mass is 489 g/mol. The molecule has 1 fully saturated rings. The summed E-state index contributed by atoms with van der Waals surface area (Å²) in [6.07, 6.45) is 11.7. The predicted octanol–water partition coefficient (Wildman–Crippen LogP) is 7.87. The molecule has 1 aromatic carbocycles. The van der Waals surface area contributed by atoms with Crippen LogP contribution in [0.3, 0.4) is 0 Å². The van der Waals surface area contributed by atoms with Gasteiger partial charge in [-0.15, -0.1) is 0 Å². The minimum atomic E-state index is -2.98. The number of nitrogens with zero attached hydrogens (tertiary/aromatic N) is 2. The van der Waals surface area contributed by atoms with Gasteiger partial charge in [0, 0.05) is 42.7 Å². The molecule has 4 nitrogen and oxygen atoms in total. The summed E-state index contributed by atoms with van der Waals surface area (Å²) in [5, 5.41) is 2.83. The number of thiazole rings is 1. The first-order valence-corrected chi connectivity index (χ1v) is 12.7.